The van der Waals surface area contributed by atoms with Gasteiger partial charge in [0.05, 0.1) is 6.21 Å². The Hall–Kier alpha value is -2.11. The van der Waals surface area contributed by atoms with Gasteiger partial charge in [-0.05, 0) is 42.3 Å². The predicted octanol–water partition coefficient (Wildman–Crippen LogP) is 3.44. The molecule has 2 aromatic rings. The second-order valence-corrected chi connectivity index (χ2v) is 6.10. The monoisotopic (exact) mass is 378 g/mol. The number of hydrazone groups is 1. The third-order valence-corrected chi connectivity index (χ3v) is 3.98. The maximum atomic E-state index is 11.9. The van der Waals surface area contributed by atoms with E-state index >= 15 is 0 Å². The molecule has 0 aliphatic carbocycles. The second kappa shape index (κ2) is 10.0. The Morgan fingerprint density at radius 2 is 1.88 bits per heavy atom. The van der Waals surface area contributed by atoms with Gasteiger partial charge in [0.25, 0.3) is 5.91 Å². The van der Waals surface area contributed by atoms with Gasteiger partial charge < -0.3 is 4.90 Å². The fraction of sp³-hybridized carbons (Fsp3) is 0.278. The van der Waals surface area contributed by atoms with E-state index in [1.165, 1.54) is 0 Å². The molecular formula is C18H20Cl2N4O. The average Bonchev–Trinajstić information content (AvgIpc) is 2.63. The number of hydrogen-bond donors (Lipinski definition) is 1. The van der Waals surface area contributed by atoms with Gasteiger partial charge in [-0.3, -0.25) is 9.78 Å². The van der Waals surface area contributed by atoms with Gasteiger partial charge in [0.1, 0.15) is 0 Å². The normalized spacial score (nSPS) is 10.8. The number of rotatable bonds is 8. The average molecular weight is 379 g/mol. The summed E-state index contributed by atoms with van der Waals surface area (Å²) in [6, 6.07) is 9.28. The number of nitrogens with one attached hydrogen (secondary N) is 1. The number of halogens is 2. The van der Waals surface area contributed by atoms with Crippen LogP contribution in [0.15, 0.2) is 47.8 Å². The van der Waals surface area contributed by atoms with Crippen LogP contribution < -0.4 is 10.3 Å². The van der Waals surface area contributed by atoms with E-state index < -0.39 is 0 Å². The summed E-state index contributed by atoms with van der Waals surface area (Å²) in [6.07, 6.45) is 4.76. The molecule has 0 atom stereocenters. The quantitative estimate of drug-likeness (QED) is 0.434. The lowest BCUT2D eigenvalue weighted by Crippen LogP contribution is -2.27. The van der Waals surface area contributed by atoms with Gasteiger partial charge in [0, 0.05) is 48.5 Å². The number of carbonyl (C=O) groups is 1. The van der Waals surface area contributed by atoms with Crippen molar-refractivity contribution >= 4 is 41.0 Å². The minimum Gasteiger partial charge on any atom is -0.369 e. The van der Waals surface area contributed by atoms with Crippen molar-refractivity contribution in [2.24, 2.45) is 5.10 Å². The Balaban J connectivity index is 2.04. The first kappa shape index (κ1) is 19.2. The number of aryl methyl sites for hydroxylation is 1. The van der Waals surface area contributed by atoms with Crippen LogP contribution in [0.1, 0.15) is 21.5 Å². The third kappa shape index (κ3) is 5.73. The topological polar surface area (TPSA) is 57.6 Å². The van der Waals surface area contributed by atoms with E-state index in [1.807, 2.05) is 19.1 Å². The minimum absolute atomic E-state index is 0.275. The van der Waals surface area contributed by atoms with Crippen LogP contribution in [0.4, 0.5) is 5.69 Å². The fourth-order valence-electron chi connectivity index (χ4n) is 2.30. The highest BCUT2D eigenvalue weighted by atomic mass is 35.5. The van der Waals surface area contributed by atoms with E-state index in [-0.39, 0.29) is 5.91 Å². The van der Waals surface area contributed by atoms with E-state index in [2.05, 4.69) is 26.5 Å². The molecule has 132 valence electrons. The van der Waals surface area contributed by atoms with Gasteiger partial charge in [-0.25, -0.2) is 5.43 Å². The summed E-state index contributed by atoms with van der Waals surface area (Å²) in [5.41, 5.74) is 6.06. The van der Waals surface area contributed by atoms with Crippen molar-refractivity contribution < 1.29 is 4.79 Å². The summed E-state index contributed by atoms with van der Waals surface area (Å²) >= 11 is 11.7. The first-order valence-electron chi connectivity index (χ1n) is 7.86. The molecular weight excluding hydrogens is 359 g/mol. The molecule has 2 rings (SSSR count). The molecule has 0 aliphatic rings. The summed E-state index contributed by atoms with van der Waals surface area (Å²) in [7, 11) is 0. The van der Waals surface area contributed by atoms with Crippen LogP contribution in [0.2, 0.25) is 0 Å². The Kier molecular flexibility index (Phi) is 7.70. The van der Waals surface area contributed by atoms with E-state index in [0.29, 0.717) is 17.3 Å². The Morgan fingerprint density at radius 3 is 2.48 bits per heavy atom. The van der Waals surface area contributed by atoms with E-state index in [0.717, 1.165) is 29.9 Å². The molecule has 0 spiro atoms. The lowest BCUT2D eigenvalue weighted by atomic mass is 10.1. The second-order valence-electron chi connectivity index (χ2n) is 5.34. The number of aromatic nitrogens is 1. The van der Waals surface area contributed by atoms with E-state index in [4.69, 9.17) is 23.2 Å². The zero-order valence-electron chi connectivity index (χ0n) is 14.0. The molecule has 0 aliphatic heterocycles. The number of hydrogen-bond acceptors (Lipinski definition) is 4. The van der Waals surface area contributed by atoms with Crippen LogP contribution in [0, 0.1) is 6.92 Å². The van der Waals surface area contributed by atoms with E-state index in [1.54, 1.807) is 30.7 Å². The van der Waals surface area contributed by atoms with Crippen LogP contribution in [0.3, 0.4) is 0 Å². The highest BCUT2D eigenvalue weighted by Crippen LogP contribution is 2.18. The van der Waals surface area contributed by atoms with Crippen molar-refractivity contribution in [1.82, 2.24) is 10.4 Å². The van der Waals surface area contributed by atoms with Crippen molar-refractivity contribution in [3.05, 3.63) is 59.4 Å². The van der Waals surface area contributed by atoms with Gasteiger partial charge in [0.2, 0.25) is 0 Å². The van der Waals surface area contributed by atoms with Crippen LogP contribution in [0.25, 0.3) is 0 Å². The molecule has 0 radical (unpaired) electrons. The number of nitrogens with zero attached hydrogens (tertiary/aromatic N) is 3. The van der Waals surface area contributed by atoms with Crippen molar-refractivity contribution in [2.45, 2.75) is 6.92 Å². The third-order valence-electron chi connectivity index (χ3n) is 3.64. The van der Waals surface area contributed by atoms with Gasteiger partial charge in [0.15, 0.2) is 0 Å². The molecule has 0 saturated heterocycles. The summed E-state index contributed by atoms with van der Waals surface area (Å²) in [5, 5.41) is 4.03. The molecule has 1 heterocycles. The predicted molar refractivity (Wildman–Crippen MR) is 104 cm³/mol. The lowest BCUT2D eigenvalue weighted by molar-refractivity contribution is 0.0955. The van der Waals surface area contributed by atoms with Crippen molar-refractivity contribution in [3.8, 4) is 0 Å². The molecule has 0 saturated carbocycles. The highest BCUT2D eigenvalue weighted by molar-refractivity contribution is 6.18. The van der Waals surface area contributed by atoms with Crippen LogP contribution in [-0.4, -0.2) is 42.0 Å². The van der Waals surface area contributed by atoms with Crippen LogP contribution >= 0.6 is 23.2 Å². The number of pyridine rings is 1. The van der Waals surface area contributed by atoms with Gasteiger partial charge >= 0.3 is 0 Å². The molecule has 1 amide bonds. The first-order chi connectivity index (χ1) is 12.2. The smallest absolute Gasteiger partial charge is 0.271 e. The molecule has 25 heavy (non-hydrogen) atoms. The summed E-state index contributed by atoms with van der Waals surface area (Å²) < 4.78 is 0. The number of alkyl halides is 2. The van der Waals surface area contributed by atoms with Crippen molar-refractivity contribution in [2.75, 3.05) is 29.7 Å². The maximum absolute atomic E-state index is 11.9. The zero-order valence-corrected chi connectivity index (χ0v) is 15.5. The van der Waals surface area contributed by atoms with Crippen molar-refractivity contribution in [3.63, 3.8) is 0 Å². The zero-order chi connectivity index (χ0) is 18.1. The molecule has 1 aromatic carbocycles. The number of carbonyl (C=O) groups excluding carboxylic acids is 1. The first-order valence-corrected chi connectivity index (χ1v) is 8.93. The summed E-state index contributed by atoms with van der Waals surface area (Å²) in [4.78, 5) is 17.9. The molecule has 0 fully saturated rings. The Bertz CT molecular complexity index is 716. The molecule has 0 unspecified atom stereocenters. The molecule has 1 N–H and O–H groups in total. The summed E-state index contributed by atoms with van der Waals surface area (Å²) in [6.45, 7) is 3.47. The fourth-order valence-corrected chi connectivity index (χ4v) is 2.71. The lowest BCUT2D eigenvalue weighted by Gasteiger charge is -2.23. The summed E-state index contributed by atoms with van der Waals surface area (Å²) in [5.74, 6) is 0.809. The Morgan fingerprint density at radius 1 is 1.20 bits per heavy atom. The number of benzene rings is 1. The molecule has 7 heteroatoms. The SMILES string of the molecule is Cc1cc(N(CCCl)CCCl)ccc1/C=N\NC(=O)c1ccncc1. The molecule has 1 aromatic heterocycles. The van der Waals surface area contributed by atoms with Crippen LogP contribution in [-0.2, 0) is 0 Å². The molecule has 0 bridgehead atoms. The number of amides is 1. The largest absolute Gasteiger partial charge is 0.369 e. The van der Waals surface area contributed by atoms with Gasteiger partial charge in [-0.1, -0.05) is 6.07 Å². The van der Waals surface area contributed by atoms with E-state index in [9.17, 15) is 4.79 Å². The molecule has 5 nitrogen and oxygen atoms in total. The van der Waals surface area contributed by atoms with Crippen molar-refractivity contribution in [1.29, 1.82) is 0 Å². The minimum atomic E-state index is -0.275. The maximum Gasteiger partial charge on any atom is 0.271 e. The van der Waals surface area contributed by atoms with Gasteiger partial charge in [-0.2, -0.15) is 5.10 Å². The Labute approximate surface area is 157 Å². The van der Waals surface area contributed by atoms with Gasteiger partial charge in [-0.15, -0.1) is 23.2 Å². The standard InChI is InChI=1S/C18H20Cl2N4O/c1-14-12-17(24(10-6-19)11-7-20)3-2-16(14)13-22-23-18(25)15-4-8-21-9-5-15/h2-5,8-9,12-13H,6-7,10-11H2,1H3,(H,23,25)/b22-13-. The van der Waals surface area contributed by atoms with Crippen LogP contribution in [0.5, 0.6) is 0 Å². The number of anilines is 1. The highest BCUT2D eigenvalue weighted by Gasteiger charge is 2.07.